The number of hydrogen-bond donors (Lipinski definition) is 1. The van der Waals surface area contributed by atoms with Crippen LogP contribution in [0.4, 0.5) is 10.1 Å². The molecule has 106 valence electrons. The lowest BCUT2D eigenvalue weighted by Crippen LogP contribution is -2.37. The van der Waals surface area contributed by atoms with Gasteiger partial charge in [-0.25, -0.2) is 4.39 Å². The fourth-order valence-electron chi connectivity index (χ4n) is 2.72. The highest BCUT2D eigenvalue weighted by atomic mass is 32.2. The van der Waals surface area contributed by atoms with E-state index in [1.807, 2.05) is 37.3 Å². The summed E-state index contributed by atoms with van der Waals surface area (Å²) in [6.45, 7) is 1.85. The molecule has 0 saturated carbocycles. The van der Waals surface area contributed by atoms with Crippen LogP contribution in [0.5, 0.6) is 0 Å². The van der Waals surface area contributed by atoms with Gasteiger partial charge in [-0.15, -0.1) is 11.8 Å². The highest BCUT2D eigenvalue weighted by molar-refractivity contribution is 7.99. The summed E-state index contributed by atoms with van der Waals surface area (Å²) in [6.07, 6.45) is 0.695. The van der Waals surface area contributed by atoms with Gasteiger partial charge in [-0.05, 0) is 43.2 Å². The number of aryl methyl sites for hydroxylation is 1. The first-order valence-corrected chi connectivity index (χ1v) is 7.80. The zero-order valence-electron chi connectivity index (χ0n) is 11.7. The number of thioether (sulfide) groups is 1. The van der Waals surface area contributed by atoms with Gasteiger partial charge in [-0.2, -0.15) is 5.26 Å². The van der Waals surface area contributed by atoms with Crippen molar-refractivity contribution in [3.63, 3.8) is 0 Å². The Morgan fingerprint density at radius 1 is 1.29 bits per heavy atom. The summed E-state index contributed by atoms with van der Waals surface area (Å²) in [5.41, 5.74) is 1.67. The van der Waals surface area contributed by atoms with Crippen molar-refractivity contribution in [2.45, 2.75) is 23.8 Å². The molecular formula is C17H15FN2S. The average molecular weight is 298 g/mol. The summed E-state index contributed by atoms with van der Waals surface area (Å²) in [5, 5.41) is 13.0. The molecule has 0 saturated heterocycles. The van der Waals surface area contributed by atoms with Crippen LogP contribution in [-0.4, -0.2) is 5.75 Å². The highest BCUT2D eigenvalue weighted by Gasteiger charge is 2.37. The van der Waals surface area contributed by atoms with E-state index < -0.39 is 5.54 Å². The maximum absolute atomic E-state index is 13.6. The van der Waals surface area contributed by atoms with Crippen LogP contribution in [0.3, 0.4) is 0 Å². The normalized spacial score (nSPS) is 20.4. The third kappa shape index (κ3) is 2.62. The van der Waals surface area contributed by atoms with Crippen molar-refractivity contribution < 1.29 is 4.39 Å². The number of anilines is 1. The Morgan fingerprint density at radius 2 is 2.10 bits per heavy atom. The molecule has 2 aromatic carbocycles. The number of nitriles is 1. The van der Waals surface area contributed by atoms with E-state index in [9.17, 15) is 9.65 Å². The fraction of sp³-hybridized carbons (Fsp3) is 0.235. The van der Waals surface area contributed by atoms with Gasteiger partial charge in [0.05, 0.1) is 6.07 Å². The van der Waals surface area contributed by atoms with Crippen molar-refractivity contribution in [2.75, 3.05) is 11.1 Å². The van der Waals surface area contributed by atoms with Gasteiger partial charge < -0.3 is 5.32 Å². The van der Waals surface area contributed by atoms with Gasteiger partial charge in [0.25, 0.3) is 0 Å². The summed E-state index contributed by atoms with van der Waals surface area (Å²) >= 11 is 1.76. The topological polar surface area (TPSA) is 35.8 Å². The van der Waals surface area contributed by atoms with E-state index in [0.717, 1.165) is 21.8 Å². The Hall–Kier alpha value is -1.99. The quantitative estimate of drug-likeness (QED) is 0.889. The monoisotopic (exact) mass is 298 g/mol. The lowest BCUT2D eigenvalue weighted by molar-refractivity contribution is 0.586. The molecule has 0 aliphatic carbocycles. The number of rotatable bonds is 2. The van der Waals surface area contributed by atoms with Crippen molar-refractivity contribution in [3.05, 3.63) is 59.4 Å². The number of fused-ring (bicyclic) bond motifs is 1. The summed E-state index contributed by atoms with van der Waals surface area (Å²) in [4.78, 5) is 1.12. The number of nitrogens with one attached hydrogen (secondary N) is 1. The molecule has 0 fully saturated rings. The van der Waals surface area contributed by atoms with Gasteiger partial charge in [0.1, 0.15) is 5.82 Å². The second kappa shape index (κ2) is 5.42. The fourth-order valence-corrected chi connectivity index (χ4v) is 3.92. The molecule has 2 aromatic rings. The van der Waals surface area contributed by atoms with Crippen LogP contribution in [0.2, 0.25) is 0 Å². The van der Waals surface area contributed by atoms with E-state index >= 15 is 0 Å². The van der Waals surface area contributed by atoms with E-state index in [0.29, 0.717) is 12.1 Å². The Morgan fingerprint density at radius 3 is 2.86 bits per heavy atom. The molecular weight excluding hydrogens is 283 g/mol. The highest BCUT2D eigenvalue weighted by Crippen LogP contribution is 2.42. The molecule has 1 N–H and O–H groups in total. The van der Waals surface area contributed by atoms with Crippen LogP contribution in [0, 0.1) is 24.1 Å². The van der Waals surface area contributed by atoms with Crippen molar-refractivity contribution in [3.8, 4) is 6.07 Å². The number of benzene rings is 2. The van der Waals surface area contributed by atoms with Crippen LogP contribution in [0.25, 0.3) is 0 Å². The molecule has 0 aromatic heterocycles. The maximum Gasteiger partial charge on any atom is 0.152 e. The molecule has 0 radical (unpaired) electrons. The predicted octanol–water partition coefficient (Wildman–Crippen LogP) is 4.46. The molecule has 0 bridgehead atoms. The molecule has 1 aliphatic rings. The predicted molar refractivity (Wildman–Crippen MR) is 83.8 cm³/mol. The van der Waals surface area contributed by atoms with Gasteiger partial charge in [0, 0.05) is 21.9 Å². The molecule has 2 nitrogen and oxygen atoms in total. The summed E-state index contributed by atoms with van der Waals surface area (Å²) in [7, 11) is 0. The average Bonchev–Trinajstić information content (AvgIpc) is 2.46. The minimum atomic E-state index is -0.790. The van der Waals surface area contributed by atoms with Crippen molar-refractivity contribution >= 4 is 17.4 Å². The zero-order valence-corrected chi connectivity index (χ0v) is 12.5. The first kappa shape index (κ1) is 14.0. The van der Waals surface area contributed by atoms with Gasteiger partial charge >= 0.3 is 0 Å². The standard InChI is InChI=1S/C17H15FN2S/c1-12-8-13(18)10-14(9-12)20-17(11-19)6-7-21-16-5-3-2-4-15(16)17/h2-5,8-10,20H,6-7H2,1H3. The third-order valence-corrected chi connectivity index (χ3v) is 4.75. The van der Waals surface area contributed by atoms with Crippen LogP contribution in [0.15, 0.2) is 47.4 Å². The van der Waals surface area contributed by atoms with Crippen LogP contribution < -0.4 is 5.32 Å². The second-order valence-corrected chi connectivity index (χ2v) is 6.39. The van der Waals surface area contributed by atoms with E-state index in [-0.39, 0.29) is 5.82 Å². The Balaban J connectivity index is 2.05. The largest absolute Gasteiger partial charge is 0.364 e. The van der Waals surface area contributed by atoms with E-state index in [1.54, 1.807) is 11.8 Å². The first-order chi connectivity index (χ1) is 10.1. The SMILES string of the molecule is Cc1cc(F)cc(NC2(C#N)CCSc3ccccc32)c1. The van der Waals surface area contributed by atoms with Crippen LogP contribution in [0.1, 0.15) is 17.5 Å². The smallest absolute Gasteiger partial charge is 0.152 e. The zero-order chi connectivity index (χ0) is 14.9. The van der Waals surface area contributed by atoms with Crippen molar-refractivity contribution in [1.29, 1.82) is 5.26 Å². The molecule has 1 heterocycles. The Bertz CT molecular complexity index is 703. The second-order valence-electron chi connectivity index (χ2n) is 5.25. The number of halogens is 1. The first-order valence-electron chi connectivity index (χ1n) is 6.82. The van der Waals surface area contributed by atoms with Crippen LogP contribution >= 0.6 is 11.8 Å². The lowest BCUT2D eigenvalue weighted by atomic mass is 9.87. The van der Waals surface area contributed by atoms with Gasteiger partial charge in [0.15, 0.2) is 5.54 Å². The summed E-state index contributed by atoms with van der Waals surface area (Å²) < 4.78 is 13.6. The maximum atomic E-state index is 13.6. The molecule has 21 heavy (non-hydrogen) atoms. The molecule has 0 amide bonds. The third-order valence-electron chi connectivity index (χ3n) is 3.67. The van der Waals surface area contributed by atoms with Crippen molar-refractivity contribution in [1.82, 2.24) is 0 Å². The van der Waals surface area contributed by atoms with Gasteiger partial charge in [-0.1, -0.05) is 18.2 Å². The molecule has 4 heteroatoms. The van der Waals surface area contributed by atoms with E-state index in [4.69, 9.17) is 0 Å². The number of hydrogen-bond acceptors (Lipinski definition) is 3. The Kier molecular flexibility index (Phi) is 3.60. The van der Waals surface area contributed by atoms with Gasteiger partial charge in [0.2, 0.25) is 0 Å². The number of nitrogens with zero attached hydrogens (tertiary/aromatic N) is 1. The van der Waals surface area contributed by atoms with E-state index in [2.05, 4.69) is 11.4 Å². The minimum Gasteiger partial charge on any atom is -0.364 e. The molecule has 1 unspecified atom stereocenters. The summed E-state index contributed by atoms with van der Waals surface area (Å²) in [5.74, 6) is 0.579. The molecule has 0 spiro atoms. The molecule has 1 aliphatic heterocycles. The van der Waals surface area contributed by atoms with Gasteiger partial charge in [-0.3, -0.25) is 0 Å². The van der Waals surface area contributed by atoms with Crippen molar-refractivity contribution in [2.24, 2.45) is 0 Å². The molecule has 1 atom stereocenters. The molecule has 3 rings (SSSR count). The van der Waals surface area contributed by atoms with Crippen LogP contribution in [-0.2, 0) is 5.54 Å². The minimum absolute atomic E-state index is 0.288. The summed E-state index contributed by atoms with van der Waals surface area (Å²) in [6, 6.07) is 15.1. The van der Waals surface area contributed by atoms with E-state index in [1.165, 1.54) is 12.1 Å². The lowest BCUT2D eigenvalue weighted by Gasteiger charge is -2.34. The Labute approximate surface area is 128 Å².